The molecule has 16 nitrogen and oxygen atoms in total. The van der Waals surface area contributed by atoms with Gasteiger partial charge in [-0.2, -0.15) is 0 Å². The van der Waals surface area contributed by atoms with E-state index in [-0.39, 0.29) is 43.2 Å². The molecule has 4 aliphatic rings. The molecule has 324 valence electrons. The van der Waals surface area contributed by atoms with Gasteiger partial charge < -0.3 is 38.6 Å². The van der Waals surface area contributed by atoms with Crippen molar-refractivity contribution >= 4 is 41.6 Å². The number of carbonyl (C=O) groups is 7. The van der Waals surface area contributed by atoms with E-state index in [2.05, 4.69) is 5.32 Å². The van der Waals surface area contributed by atoms with Gasteiger partial charge >= 0.3 is 24.1 Å². The van der Waals surface area contributed by atoms with Crippen LogP contribution in [0.2, 0.25) is 0 Å². The van der Waals surface area contributed by atoms with E-state index in [0.717, 1.165) is 22.3 Å². The van der Waals surface area contributed by atoms with Gasteiger partial charge in [-0.15, -0.1) is 0 Å². The van der Waals surface area contributed by atoms with Crippen molar-refractivity contribution in [2.24, 2.45) is 11.8 Å². The summed E-state index contributed by atoms with van der Waals surface area (Å²) < 4.78 is 32.9. The van der Waals surface area contributed by atoms with E-state index in [1.54, 1.807) is 66.0 Å². The number of carbonyl (C=O) groups excluding carboxylic acids is 7. The molecule has 2 aromatic rings. The minimum atomic E-state index is -1.05. The molecule has 6 atom stereocenters. The number of hydrogen-bond acceptors (Lipinski definition) is 13. The van der Waals surface area contributed by atoms with Gasteiger partial charge in [-0.05, 0) is 101 Å². The Labute approximate surface area is 349 Å². The van der Waals surface area contributed by atoms with Crippen LogP contribution in [0.3, 0.4) is 0 Å². The number of likely N-dealkylation sites (tertiary alicyclic amines) is 2. The second-order valence-corrected chi connectivity index (χ2v) is 17.3. The number of rotatable bonds is 11. The van der Waals surface area contributed by atoms with Crippen molar-refractivity contribution in [1.82, 2.24) is 15.1 Å². The fourth-order valence-corrected chi connectivity index (χ4v) is 8.41. The number of ketones is 2. The highest BCUT2D eigenvalue weighted by Crippen LogP contribution is 2.42. The molecule has 60 heavy (non-hydrogen) atoms. The lowest BCUT2D eigenvalue weighted by molar-refractivity contribution is -0.158. The van der Waals surface area contributed by atoms with Crippen LogP contribution in [-0.2, 0) is 51.1 Å². The number of hydrogen-bond donors (Lipinski definition) is 1. The minimum Gasteiger partial charge on any atom is -0.488 e. The molecule has 1 N–H and O–H groups in total. The number of nitrogens with one attached hydrogen (secondary N) is 1. The van der Waals surface area contributed by atoms with Crippen LogP contribution in [0.1, 0.15) is 99.1 Å². The Morgan fingerprint density at radius 3 is 2.35 bits per heavy atom. The number of benzene rings is 2. The van der Waals surface area contributed by atoms with E-state index in [9.17, 15) is 33.6 Å². The maximum Gasteiger partial charge on any atom is 0.411 e. The first-order valence-electron chi connectivity index (χ1n) is 20.4. The van der Waals surface area contributed by atoms with Gasteiger partial charge in [-0.1, -0.05) is 26.0 Å². The molecule has 0 bridgehead atoms. The maximum atomic E-state index is 13.8. The van der Waals surface area contributed by atoms with Crippen molar-refractivity contribution in [1.29, 1.82) is 0 Å². The lowest BCUT2D eigenvalue weighted by atomic mass is 9.84. The third kappa shape index (κ3) is 9.43. The van der Waals surface area contributed by atoms with Crippen molar-refractivity contribution < 1.29 is 62.0 Å². The van der Waals surface area contributed by atoms with Crippen molar-refractivity contribution in [2.45, 2.75) is 116 Å². The van der Waals surface area contributed by atoms with Gasteiger partial charge in [0.2, 0.25) is 11.7 Å². The first-order valence-corrected chi connectivity index (χ1v) is 20.4. The number of methoxy groups -OCH3 is 2. The van der Waals surface area contributed by atoms with Crippen molar-refractivity contribution in [3.8, 4) is 16.9 Å². The molecular formula is C44H55N3O13. The summed E-state index contributed by atoms with van der Waals surface area (Å²) in [6, 6.07) is 5.65. The van der Waals surface area contributed by atoms with Crippen LogP contribution in [0, 0.1) is 11.8 Å². The van der Waals surface area contributed by atoms with Crippen LogP contribution in [-0.4, -0.2) is 121 Å². The second-order valence-electron chi connectivity index (χ2n) is 17.3. The highest BCUT2D eigenvalue weighted by atomic mass is 16.6. The largest absolute Gasteiger partial charge is 0.488 e. The summed E-state index contributed by atoms with van der Waals surface area (Å²) in [7, 11) is 2.76. The Kier molecular flexibility index (Phi) is 13.2. The molecule has 2 aromatic carbocycles. The van der Waals surface area contributed by atoms with Crippen LogP contribution in [0.4, 0.5) is 9.59 Å². The summed E-state index contributed by atoms with van der Waals surface area (Å²) in [6.07, 6.45) is -0.538. The van der Waals surface area contributed by atoms with E-state index in [1.807, 2.05) is 13.0 Å². The van der Waals surface area contributed by atoms with E-state index >= 15 is 0 Å². The Bertz CT molecular complexity index is 2040. The van der Waals surface area contributed by atoms with Gasteiger partial charge in [0.15, 0.2) is 18.5 Å². The fourth-order valence-electron chi connectivity index (χ4n) is 8.41. The van der Waals surface area contributed by atoms with E-state index in [0.29, 0.717) is 49.2 Å². The quantitative estimate of drug-likeness (QED) is 0.180. The number of ether oxygens (including phenoxy) is 6. The Morgan fingerprint density at radius 1 is 0.917 bits per heavy atom. The van der Waals surface area contributed by atoms with Crippen LogP contribution in [0.5, 0.6) is 5.75 Å². The number of esters is 2. The monoisotopic (exact) mass is 833 g/mol. The fraction of sp³-hybridized carbons (Fsp3) is 0.568. The number of aryl methyl sites for hydroxylation is 1. The van der Waals surface area contributed by atoms with Gasteiger partial charge in [0.05, 0.1) is 13.7 Å². The molecule has 3 aliphatic heterocycles. The van der Waals surface area contributed by atoms with Crippen LogP contribution in [0.15, 0.2) is 30.3 Å². The summed E-state index contributed by atoms with van der Waals surface area (Å²) in [5, 5.41) is 2.57. The normalized spacial score (nSPS) is 22.5. The number of fused-ring (bicyclic) bond motifs is 4. The summed E-state index contributed by atoms with van der Waals surface area (Å²) >= 11 is 0. The Hall–Kier alpha value is -5.51. The molecule has 3 heterocycles. The number of alkyl carbamates (subject to hydrolysis) is 1. The van der Waals surface area contributed by atoms with Gasteiger partial charge in [0.25, 0.3) is 0 Å². The van der Waals surface area contributed by atoms with E-state index in [4.69, 9.17) is 28.4 Å². The number of amides is 3. The SMILES string of the molecule is COC[C@H]1C[C@@H](C(=O)OCC(=O)c2ccc3c(c2)COc2cc4c(cc2-3)CC[C@H](OC(=O)C2CC[C@H](C)N2C(=O)C(NC(=O)OC)C(C)C)C4=O)N(C(=O)OC(C)(C)C)C1. The zero-order valence-electron chi connectivity index (χ0n) is 35.5. The molecule has 0 aromatic heterocycles. The molecule has 0 radical (unpaired) electrons. The van der Waals surface area contributed by atoms with Crippen molar-refractivity contribution in [2.75, 3.05) is 34.0 Å². The third-order valence-electron chi connectivity index (χ3n) is 11.4. The average Bonchev–Trinajstić information content (AvgIpc) is 3.82. The zero-order valence-corrected chi connectivity index (χ0v) is 35.5. The molecule has 0 saturated carbocycles. The summed E-state index contributed by atoms with van der Waals surface area (Å²) in [5.41, 5.74) is 2.98. The average molecular weight is 834 g/mol. The lowest BCUT2D eigenvalue weighted by Crippen LogP contribution is -2.56. The Balaban J connectivity index is 1.10. The first kappa shape index (κ1) is 44.1. The summed E-state index contributed by atoms with van der Waals surface area (Å²) in [5.74, 6) is -2.50. The number of nitrogens with zero attached hydrogens (tertiary/aromatic N) is 2. The maximum absolute atomic E-state index is 13.8. The van der Waals surface area contributed by atoms with Gasteiger partial charge in [-0.25, -0.2) is 19.2 Å². The molecule has 6 rings (SSSR count). The zero-order chi connectivity index (χ0) is 43.6. The molecule has 1 aliphatic carbocycles. The second kappa shape index (κ2) is 18.0. The predicted octanol–water partition coefficient (Wildman–Crippen LogP) is 5.04. The highest BCUT2D eigenvalue weighted by Gasteiger charge is 2.45. The predicted molar refractivity (Wildman–Crippen MR) is 214 cm³/mol. The first-order chi connectivity index (χ1) is 28.4. The molecule has 0 spiro atoms. The van der Waals surface area contributed by atoms with Gasteiger partial charge in [0, 0.05) is 42.3 Å². The highest BCUT2D eigenvalue weighted by molar-refractivity contribution is 6.04. The van der Waals surface area contributed by atoms with E-state index < -0.39 is 72.3 Å². The van der Waals surface area contributed by atoms with Crippen molar-refractivity contribution in [3.63, 3.8) is 0 Å². The minimum absolute atomic E-state index is 0.0968. The standard InChI is InChI=1S/C44H55N3O13/c1-23(2)37(45-42(53)56-8)39(50)47-24(3)9-13-32(47)41(52)59-35-14-11-26-17-31-29-12-10-27(16-28(29)21-57-36(31)18-30(26)38(35)49)34(48)22-58-40(51)33-15-25(20-55-7)19-46(33)43(54)60-44(4,5)6/h10,12,16-18,23-25,32-33,35,37H,9,11,13-15,19-22H2,1-8H3,(H,45,53)/t24-,25-,32?,33-,35-,37?/m0/s1. The van der Waals surface area contributed by atoms with Crippen LogP contribution >= 0.6 is 0 Å². The molecule has 2 saturated heterocycles. The van der Waals surface area contributed by atoms with Crippen molar-refractivity contribution in [3.05, 3.63) is 52.6 Å². The van der Waals surface area contributed by atoms with Gasteiger partial charge in [-0.3, -0.25) is 19.3 Å². The molecule has 2 fully saturated rings. The summed E-state index contributed by atoms with van der Waals surface area (Å²) in [4.78, 5) is 95.3. The molecular weight excluding hydrogens is 778 g/mol. The molecule has 2 unspecified atom stereocenters. The topological polar surface area (TPSA) is 193 Å². The van der Waals surface area contributed by atoms with Crippen LogP contribution in [0.25, 0.3) is 11.1 Å². The third-order valence-corrected chi connectivity index (χ3v) is 11.4. The van der Waals surface area contributed by atoms with Crippen LogP contribution < -0.4 is 10.1 Å². The molecule has 16 heteroatoms. The van der Waals surface area contributed by atoms with Gasteiger partial charge in [0.1, 0.15) is 36.1 Å². The van der Waals surface area contributed by atoms with E-state index in [1.165, 1.54) is 16.9 Å². The summed E-state index contributed by atoms with van der Waals surface area (Å²) in [6.45, 7) is 10.8. The lowest BCUT2D eigenvalue weighted by Gasteiger charge is -2.33. The molecule has 3 amide bonds. The number of Topliss-reactive ketones (excluding diaryl/α,β-unsaturated/α-hetero) is 2. The smallest absolute Gasteiger partial charge is 0.411 e. The Morgan fingerprint density at radius 2 is 1.67 bits per heavy atom.